The topological polar surface area (TPSA) is 91.4 Å². The SMILES string of the molecule is O=C(OCc1ccc(OC(F)F)cc1)C1CCN(S(=O)(=O)c2ccc3c(c2)OCCCO3)CC1. The molecule has 2 aromatic rings. The van der Waals surface area contributed by atoms with E-state index in [2.05, 4.69) is 4.74 Å². The van der Waals surface area contributed by atoms with E-state index >= 15 is 0 Å². The highest BCUT2D eigenvalue weighted by molar-refractivity contribution is 7.89. The van der Waals surface area contributed by atoms with Crippen LogP contribution in [0.25, 0.3) is 0 Å². The van der Waals surface area contributed by atoms with Gasteiger partial charge < -0.3 is 18.9 Å². The van der Waals surface area contributed by atoms with Crippen LogP contribution in [0, 0.1) is 5.92 Å². The molecule has 0 atom stereocenters. The van der Waals surface area contributed by atoms with Gasteiger partial charge in [-0.1, -0.05) is 12.1 Å². The molecule has 1 fully saturated rings. The Balaban J connectivity index is 1.30. The van der Waals surface area contributed by atoms with Crippen molar-refractivity contribution >= 4 is 16.0 Å². The fourth-order valence-corrected chi connectivity index (χ4v) is 5.31. The van der Waals surface area contributed by atoms with Crippen molar-refractivity contribution in [1.82, 2.24) is 4.31 Å². The van der Waals surface area contributed by atoms with Crippen LogP contribution in [-0.2, 0) is 26.2 Å². The number of alkyl halides is 2. The molecule has 0 radical (unpaired) electrons. The first-order valence-corrected chi connectivity index (χ1v) is 12.4. The van der Waals surface area contributed by atoms with E-state index in [4.69, 9.17) is 14.2 Å². The van der Waals surface area contributed by atoms with Crippen molar-refractivity contribution in [1.29, 1.82) is 0 Å². The standard InChI is InChI=1S/C23H25F2NO7S/c24-23(25)33-18-4-2-16(3-5-18)15-32-22(27)17-8-10-26(11-9-17)34(28,29)19-6-7-20-21(14-19)31-13-1-12-30-20/h2-7,14,17,23H,1,8-13,15H2. The molecule has 0 N–H and O–H groups in total. The minimum atomic E-state index is -3.74. The van der Waals surface area contributed by atoms with Crippen molar-refractivity contribution in [2.45, 2.75) is 37.4 Å². The van der Waals surface area contributed by atoms with Gasteiger partial charge in [-0.15, -0.1) is 0 Å². The number of rotatable bonds is 7. The number of carbonyl (C=O) groups excluding carboxylic acids is 1. The maximum Gasteiger partial charge on any atom is 0.387 e. The van der Waals surface area contributed by atoms with E-state index in [-0.39, 0.29) is 30.3 Å². The zero-order valence-corrected chi connectivity index (χ0v) is 19.1. The minimum Gasteiger partial charge on any atom is -0.490 e. The molecule has 0 saturated carbocycles. The number of carbonyl (C=O) groups is 1. The zero-order valence-electron chi connectivity index (χ0n) is 18.3. The maximum absolute atomic E-state index is 13.1. The first-order valence-electron chi connectivity index (χ1n) is 10.9. The average molecular weight is 498 g/mol. The fraction of sp³-hybridized carbons (Fsp3) is 0.435. The Labute approximate surface area is 196 Å². The highest BCUT2D eigenvalue weighted by Gasteiger charge is 2.33. The monoisotopic (exact) mass is 497 g/mol. The minimum absolute atomic E-state index is 0.0104. The van der Waals surface area contributed by atoms with Crippen molar-refractivity contribution in [3.05, 3.63) is 48.0 Å². The van der Waals surface area contributed by atoms with E-state index < -0.39 is 28.5 Å². The number of fused-ring (bicyclic) bond motifs is 1. The van der Waals surface area contributed by atoms with E-state index in [0.29, 0.717) is 43.1 Å². The third kappa shape index (κ3) is 5.76. The highest BCUT2D eigenvalue weighted by Crippen LogP contribution is 2.34. The molecular weight excluding hydrogens is 472 g/mol. The predicted molar refractivity (Wildman–Crippen MR) is 116 cm³/mol. The normalized spacial score (nSPS) is 17.3. The second-order valence-electron chi connectivity index (χ2n) is 7.97. The summed E-state index contributed by atoms with van der Waals surface area (Å²) in [5, 5.41) is 0. The van der Waals surface area contributed by atoms with Crippen LogP contribution in [0.1, 0.15) is 24.8 Å². The van der Waals surface area contributed by atoms with Crippen LogP contribution < -0.4 is 14.2 Å². The number of hydrogen-bond acceptors (Lipinski definition) is 7. The molecule has 0 amide bonds. The smallest absolute Gasteiger partial charge is 0.387 e. The largest absolute Gasteiger partial charge is 0.490 e. The number of esters is 1. The molecule has 8 nitrogen and oxygen atoms in total. The van der Waals surface area contributed by atoms with Gasteiger partial charge in [0.05, 0.1) is 24.0 Å². The van der Waals surface area contributed by atoms with E-state index in [0.717, 1.165) is 6.42 Å². The third-order valence-electron chi connectivity index (χ3n) is 5.67. The molecule has 0 aliphatic carbocycles. The molecule has 0 bridgehead atoms. The number of ether oxygens (including phenoxy) is 4. The van der Waals surface area contributed by atoms with Gasteiger partial charge in [-0.25, -0.2) is 8.42 Å². The number of halogens is 2. The van der Waals surface area contributed by atoms with Crippen LogP contribution in [0.15, 0.2) is 47.4 Å². The highest BCUT2D eigenvalue weighted by atomic mass is 32.2. The van der Waals surface area contributed by atoms with Crippen LogP contribution >= 0.6 is 0 Å². The molecule has 0 unspecified atom stereocenters. The first-order chi connectivity index (χ1) is 16.3. The fourth-order valence-electron chi connectivity index (χ4n) is 3.82. The van der Waals surface area contributed by atoms with Crippen LogP contribution in [0.5, 0.6) is 17.2 Å². The maximum atomic E-state index is 13.1. The van der Waals surface area contributed by atoms with E-state index in [1.165, 1.54) is 40.7 Å². The van der Waals surface area contributed by atoms with Crippen LogP contribution in [0.3, 0.4) is 0 Å². The van der Waals surface area contributed by atoms with E-state index in [1.54, 1.807) is 6.07 Å². The summed E-state index contributed by atoms with van der Waals surface area (Å²) in [6.45, 7) is -1.56. The number of sulfonamides is 1. The van der Waals surface area contributed by atoms with E-state index in [9.17, 15) is 22.0 Å². The molecule has 0 aromatic heterocycles. The lowest BCUT2D eigenvalue weighted by atomic mass is 9.98. The molecule has 0 spiro atoms. The van der Waals surface area contributed by atoms with Gasteiger partial charge in [-0.3, -0.25) is 4.79 Å². The lowest BCUT2D eigenvalue weighted by molar-refractivity contribution is -0.151. The predicted octanol–water partition coefficient (Wildman–Crippen LogP) is 3.59. The quantitative estimate of drug-likeness (QED) is 0.540. The first kappa shape index (κ1) is 24.2. The van der Waals surface area contributed by atoms with Crippen molar-refractivity contribution in [3.8, 4) is 17.2 Å². The van der Waals surface area contributed by atoms with Gasteiger partial charge in [0.15, 0.2) is 11.5 Å². The summed E-state index contributed by atoms with van der Waals surface area (Å²) >= 11 is 0. The molecular formula is C23H25F2NO7S. The van der Waals surface area contributed by atoms with Gasteiger partial charge in [0.25, 0.3) is 0 Å². The van der Waals surface area contributed by atoms with Crippen LogP contribution in [0.2, 0.25) is 0 Å². The van der Waals surface area contributed by atoms with Crippen molar-refractivity contribution in [2.24, 2.45) is 5.92 Å². The molecule has 184 valence electrons. The Hall–Kier alpha value is -2.92. The summed E-state index contributed by atoms with van der Waals surface area (Å²) in [6, 6.07) is 10.4. The molecule has 4 rings (SSSR count). The van der Waals surface area contributed by atoms with Crippen LogP contribution in [0.4, 0.5) is 8.78 Å². The molecule has 2 heterocycles. The summed E-state index contributed by atoms with van der Waals surface area (Å²) in [5.41, 5.74) is 0.629. The summed E-state index contributed by atoms with van der Waals surface area (Å²) in [7, 11) is -3.74. The van der Waals surface area contributed by atoms with Crippen LogP contribution in [-0.4, -0.2) is 51.6 Å². The number of hydrogen-bond donors (Lipinski definition) is 0. The van der Waals surface area contributed by atoms with Crippen molar-refractivity contribution in [3.63, 3.8) is 0 Å². The third-order valence-corrected chi connectivity index (χ3v) is 7.57. The summed E-state index contributed by atoms with van der Waals surface area (Å²) in [4.78, 5) is 12.6. The lowest BCUT2D eigenvalue weighted by Crippen LogP contribution is -2.40. The molecule has 2 aliphatic rings. The molecule has 34 heavy (non-hydrogen) atoms. The van der Waals surface area contributed by atoms with Crippen molar-refractivity contribution < 1.29 is 40.9 Å². The number of benzene rings is 2. The molecule has 2 aromatic carbocycles. The zero-order chi connectivity index (χ0) is 24.1. The lowest BCUT2D eigenvalue weighted by Gasteiger charge is -2.30. The molecule has 1 saturated heterocycles. The second-order valence-corrected chi connectivity index (χ2v) is 9.91. The Morgan fingerprint density at radius 1 is 1.03 bits per heavy atom. The second kappa shape index (κ2) is 10.6. The van der Waals surface area contributed by atoms with E-state index in [1.807, 2.05) is 0 Å². The Kier molecular flexibility index (Phi) is 7.52. The van der Waals surface area contributed by atoms with Gasteiger partial charge in [0, 0.05) is 25.6 Å². The Morgan fingerprint density at radius 3 is 2.38 bits per heavy atom. The van der Waals surface area contributed by atoms with Gasteiger partial charge in [-0.2, -0.15) is 13.1 Å². The number of nitrogens with zero attached hydrogens (tertiary/aromatic N) is 1. The summed E-state index contributed by atoms with van der Waals surface area (Å²) < 4.78 is 72.8. The average Bonchev–Trinajstić information content (AvgIpc) is 3.08. The van der Waals surface area contributed by atoms with Crippen molar-refractivity contribution in [2.75, 3.05) is 26.3 Å². The summed E-state index contributed by atoms with van der Waals surface area (Å²) in [5.74, 6) is 0.115. The van der Waals surface area contributed by atoms with Gasteiger partial charge in [0.1, 0.15) is 12.4 Å². The van der Waals surface area contributed by atoms with Gasteiger partial charge in [-0.05, 0) is 42.7 Å². The summed E-state index contributed by atoms with van der Waals surface area (Å²) in [6.07, 6.45) is 1.40. The molecule has 11 heteroatoms. The number of piperidine rings is 1. The van der Waals surface area contributed by atoms with Gasteiger partial charge in [0.2, 0.25) is 10.0 Å². The molecule has 2 aliphatic heterocycles. The Morgan fingerprint density at radius 2 is 1.71 bits per heavy atom. The van der Waals surface area contributed by atoms with Gasteiger partial charge >= 0.3 is 12.6 Å². The Bertz CT molecular complexity index is 1100.